The molecule has 41 heavy (non-hydrogen) atoms. The topological polar surface area (TPSA) is 131 Å². The number of aryl methyl sites for hydroxylation is 1. The number of rotatable bonds is 10. The van der Waals surface area contributed by atoms with Crippen LogP contribution in [0.2, 0.25) is 0 Å². The van der Waals surface area contributed by atoms with E-state index in [0.29, 0.717) is 34.6 Å². The molecule has 0 unspecified atom stereocenters. The summed E-state index contributed by atoms with van der Waals surface area (Å²) in [5.74, 6) is -1.09. The fourth-order valence-electron chi connectivity index (χ4n) is 4.71. The van der Waals surface area contributed by atoms with Crippen LogP contribution < -0.4 is 10.6 Å². The second kappa shape index (κ2) is 12.9. The van der Waals surface area contributed by atoms with Crippen molar-refractivity contribution in [1.82, 2.24) is 10.2 Å². The Morgan fingerprint density at radius 1 is 1.05 bits per heavy atom. The molecule has 1 aliphatic heterocycles. The number of nitro groups is 1. The minimum Gasteiger partial charge on any atom is -0.463 e. The van der Waals surface area contributed by atoms with E-state index in [1.165, 1.54) is 18.2 Å². The summed E-state index contributed by atoms with van der Waals surface area (Å²) in [6.45, 7) is 5.91. The molecule has 3 aromatic carbocycles. The number of nitrogens with one attached hydrogen (secondary N) is 2. The molecule has 4 rings (SSSR count). The molecule has 0 spiro atoms. The predicted molar refractivity (Wildman–Crippen MR) is 155 cm³/mol. The van der Waals surface area contributed by atoms with Crippen molar-refractivity contribution < 1.29 is 24.0 Å². The Labute approximate surface area is 238 Å². The van der Waals surface area contributed by atoms with Crippen LogP contribution in [0.15, 0.2) is 78.4 Å². The van der Waals surface area contributed by atoms with Gasteiger partial charge in [0.25, 0.3) is 11.6 Å². The molecule has 0 aromatic heterocycles. The maximum Gasteiger partial charge on any atom is 0.338 e. The van der Waals surface area contributed by atoms with Crippen LogP contribution in [0.5, 0.6) is 0 Å². The molecule has 0 saturated heterocycles. The van der Waals surface area contributed by atoms with Gasteiger partial charge in [-0.3, -0.25) is 19.8 Å². The molecule has 2 N–H and O–H groups in total. The lowest BCUT2D eigenvalue weighted by atomic mass is 9.91. The van der Waals surface area contributed by atoms with E-state index in [-0.39, 0.29) is 29.5 Å². The van der Waals surface area contributed by atoms with Gasteiger partial charge in [0.1, 0.15) is 0 Å². The van der Waals surface area contributed by atoms with Crippen LogP contribution in [0.1, 0.15) is 59.8 Å². The molecule has 0 radical (unpaired) electrons. The number of benzene rings is 3. The first kappa shape index (κ1) is 29.0. The van der Waals surface area contributed by atoms with Crippen LogP contribution in [-0.2, 0) is 9.53 Å². The highest BCUT2D eigenvalue weighted by Gasteiger charge is 2.38. The molecular weight excluding hydrogens is 524 g/mol. The highest BCUT2D eigenvalue weighted by Crippen LogP contribution is 2.37. The van der Waals surface area contributed by atoms with Gasteiger partial charge in [0.2, 0.25) is 0 Å². The minimum atomic E-state index is -0.855. The van der Waals surface area contributed by atoms with E-state index < -0.39 is 22.8 Å². The zero-order valence-electron chi connectivity index (χ0n) is 23.2. The van der Waals surface area contributed by atoms with E-state index >= 15 is 0 Å². The monoisotopic (exact) mass is 556 g/mol. The van der Waals surface area contributed by atoms with Gasteiger partial charge in [-0.1, -0.05) is 61.9 Å². The summed E-state index contributed by atoms with van der Waals surface area (Å²) < 4.78 is 5.47. The maximum absolute atomic E-state index is 13.5. The van der Waals surface area contributed by atoms with Gasteiger partial charge in [0.05, 0.1) is 28.8 Å². The zero-order valence-corrected chi connectivity index (χ0v) is 23.2. The van der Waals surface area contributed by atoms with Gasteiger partial charge < -0.3 is 15.4 Å². The van der Waals surface area contributed by atoms with E-state index in [4.69, 9.17) is 4.74 Å². The molecule has 0 fully saturated rings. The Hall–Kier alpha value is -4.99. The molecule has 10 heteroatoms. The quantitative estimate of drug-likeness (QED) is 0.179. The van der Waals surface area contributed by atoms with Gasteiger partial charge in [0.15, 0.2) is 0 Å². The second-order valence-electron chi connectivity index (χ2n) is 9.57. The smallest absolute Gasteiger partial charge is 0.338 e. The summed E-state index contributed by atoms with van der Waals surface area (Å²) in [5, 5.41) is 17.1. The van der Waals surface area contributed by atoms with Gasteiger partial charge in [0, 0.05) is 29.4 Å². The average molecular weight is 557 g/mol. The SMILES string of the molecule is CCCCN1C(=O)N[C@@H](c2cccc(NC(=O)c3ccc(C)c([N+](=O)[O-])c3)c2)C(C(=O)OCC)=C1c1ccccc1. The summed E-state index contributed by atoms with van der Waals surface area (Å²) >= 11 is 0. The molecule has 0 saturated carbocycles. The van der Waals surface area contributed by atoms with Crippen molar-refractivity contribution >= 4 is 35.0 Å². The number of carbonyl (C=O) groups excluding carboxylic acids is 3. The van der Waals surface area contributed by atoms with Gasteiger partial charge in [-0.15, -0.1) is 0 Å². The molecule has 10 nitrogen and oxygen atoms in total. The number of hydrogen-bond donors (Lipinski definition) is 2. The zero-order chi connectivity index (χ0) is 29.5. The van der Waals surface area contributed by atoms with Crippen molar-refractivity contribution in [3.05, 3.63) is 111 Å². The summed E-state index contributed by atoms with van der Waals surface area (Å²) in [7, 11) is 0. The third-order valence-corrected chi connectivity index (χ3v) is 6.75. The Bertz CT molecular complexity index is 1500. The largest absolute Gasteiger partial charge is 0.463 e. The third kappa shape index (κ3) is 6.43. The van der Waals surface area contributed by atoms with Crippen LogP contribution in [0.4, 0.5) is 16.2 Å². The first-order valence-electron chi connectivity index (χ1n) is 13.5. The van der Waals surface area contributed by atoms with E-state index in [2.05, 4.69) is 10.6 Å². The van der Waals surface area contributed by atoms with Crippen molar-refractivity contribution in [2.75, 3.05) is 18.5 Å². The molecule has 0 aliphatic carbocycles. The average Bonchev–Trinajstić information content (AvgIpc) is 2.96. The minimum absolute atomic E-state index is 0.128. The molecule has 0 bridgehead atoms. The molecule has 1 heterocycles. The number of esters is 1. The molecule has 1 atom stereocenters. The Morgan fingerprint density at radius 2 is 1.80 bits per heavy atom. The third-order valence-electron chi connectivity index (χ3n) is 6.75. The van der Waals surface area contributed by atoms with Gasteiger partial charge in [-0.2, -0.15) is 0 Å². The van der Waals surface area contributed by atoms with Crippen molar-refractivity contribution in [2.24, 2.45) is 0 Å². The number of nitrogens with zero attached hydrogens (tertiary/aromatic N) is 2. The number of anilines is 1. The molecule has 3 aromatic rings. The van der Waals surface area contributed by atoms with Gasteiger partial charge in [-0.25, -0.2) is 9.59 Å². The summed E-state index contributed by atoms with van der Waals surface area (Å²) in [4.78, 5) is 52.3. The fourth-order valence-corrected chi connectivity index (χ4v) is 4.71. The number of unbranched alkanes of at least 4 members (excludes halogenated alkanes) is 1. The summed E-state index contributed by atoms with van der Waals surface area (Å²) in [5.41, 5.74) is 2.84. The second-order valence-corrected chi connectivity index (χ2v) is 9.57. The van der Waals surface area contributed by atoms with Crippen molar-refractivity contribution in [2.45, 2.75) is 39.7 Å². The molecule has 1 aliphatic rings. The Balaban J connectivity index is 1.76. The van der Waals surface area contributed by atoms with Crippen LogP contribution in [-0.4, -0.2) is 40.9 Å². The van der Waals surface area contributed by atoms with Crippen molar-refractivity contribution in [1.29, 1.82) is 0 Å². The fraction of sp³-hybridized carbons (Fsp3) is 0.258. The predicted octanol–water partition coefficient (Wildman–Crippen LogP) is 6.00. The molecule has 3 amide bonds. The van der Waals surface area contributed by atoms with Crippen LogP contribution >= 0.6 is 0 Å². The van der Waals surface area contributed by atoms with E-state index in [1.54, 1.807) is 43.0 Å². The first-order chi connectivity index (χ1) is 19.7. The van der Waals surface area contributed by atoms with Crippen LogP contribution in [0.25, 0.3) is 5.70 Å². The van der Waals surface area contributed by atoms with Crippen molar-refractivity contribution in [3.8, 4) is 0 Å². The van der Waals surface area contributed by atoms with Crippen LogP contribution in [0, 0.1) is 17.0 Å². The summed E-state index contributed by atoms with van der Waals surface area (Å²) in [6.07, 6.45) is 1.60. The number of nitro benzene ring substituents is 1. The normalized spacial score (nSPS) is 14.9. The molecular formula is C31H32N4O6. The number of ether oxygens (including phenoxy) is 1. The summed E-state index contributed by atoms with van der Waals surface area (Å²) in [6, 6.07) is 19.1. The lowest BCUT2D eigenvalue weighted by Crippen LogP contribution is -2.48. The first-order valence-corrected chi connectivity index (χ1v) is 13.5. The highest BCUT2D eigenvalue weighted by atomic mass is 16.6. The number of hydrogen-bond acceptors (Lipinski definition) is 6. The number of amides is 3. The van der Waals surface area contributed by atoms with Crippen LogP contribution in [0.3, 0.4) is 0 Å². The highest BCUT2D eigenvalue weighted by molar-refractivity contribution is 6.06. The maximum atomic E-state index is 13.5. The lowest BCUT2D eigenvalue weighted by Gasteiger charge is -2.37. The van der Waals surface area contributed by atoms with E-state index in [0.717, 1.165) is 12.8 Å². The Kier molecular flexibility index (Phi) is 9.13. The van der Waals surface area contributed by atoms with E-state index in [9.17, 15) is 24.5 Å². The Morgan fingerprint density at radius 3 is 2.49 bits per heavy atom. The van der Waals surface area contributed by atoms with Crippen molar-refractivity contribution in [3.63, 3.8) is 0 Å². The number of urea groups is 1. The van der Waals surface area contributed by atoms with Gasteiger partial charge >= 0.3 is 12.0 Å². The molecule has 212 valence electrons. The van der Waals surface area contributed by atoms with Gasteiger partial charge in [-0.05, 0) is 49.6 Å². The number of carbonyl (C=O) groups is 3. The lowest BCUT2D eigenvalue weighted by molar-refractivity contribution is -0.385. The standard InChI is InChI=1S/C31H32N4O6/c1-4-6-17-34-28(21-11-8-7-9-12-21)26(30(37)41-5-2)27(33-31(34)38)22-13-10-14-24(18-22)32-29(36)23-16-15-20(3)25(19-23)35(39)40/h7-16,18-19,27H,4-6,17H2,1-3H3,(H,32,36)(H,33,38)/t27-/m0/s1. The van der Waals surface area contributed by atoms with E-state index in [1.807, 2.05) is 37.3 Å².